The number of nitrogens with two attached hydrogens (primary N) is 4. The van der Waals surface area contributed by atoms with Crippen molar-refractivity contribution in [1.82, 2.24) is 0 Å². The minimum absolute atomic E-state index is 0.144. The van der Waals surface area contributed by atoms with Crippen LogP contribution >= 0.6 is 0 Å². The maximum atomic E-state index is 10.1. The Balaban J connectivity index is -0.000000148. The van der Waals surface area contributed by atoms with Gasteiger partial charge in [-0.15, -0.1) is 0 Å². The third kappa shape index (κ3) is 129. The van der Waals surface area contributed by atoms with E-state index in [9.17, 15) is 39.6 Å². The molecule has 0 unspecified atom stereocenters. The lowest BCUT2D eigenvalue weighted by molar-refractivity contribution is -0.657. The number of unbranched alkanes of at least 4 members (excludes halogenated alkanes) is 18. The highest BCUT2D eigenvalue weighted by Gasteiger charge is 1.95. The standard InChI is InChI=1S/C11H20O4.C11H22O2.C10H18O2.4C6H15NO2/c12-10(13)8-6-4-2-1-3-5-7-9-11(14)15;1-2-3-4-5-6-7-8-9-10-11(12)13;1-2-3-4-5-6-7-8-9-10(11)12;4*1-8-5-3-7-4-6-9-2/h1-9H2,(H,12,13)(H,14,15);2-10H2,1H3,(H,12,13);8-9H,2-7H2,1H3,(H,11,12);4*7H,3-6H2,1-2H3. The van der Waals surface area contributed by atoms with E-state index in [0.717, 1.165) is 169 Å². The van der Waals surface area contributed by atoms with Gasteiger partial charge in [-0.05, 0) is 57.4 Å². The topological polar surface area (TPSA) is 301 Å². The van der Waals surface area contributed by atoms with E-state index in [1.165, 1.54) is 64.2 Å². The van der Waals surface area contributed by atoms with Crippen LogP contribution in [0.1, 0.15) is 168 Å². The van der Waals surface area contributed by atoms with Crippen LogP contribution in [0, 0.1) is 0 Å². The van der Waals surface area contributed by atoms with E-state index >= 15 is 0 Å². The van der Waals surface area contributed by atoms with Crippen LogP contribution in [0.4, 0.5) is 0 Å². The van der Waals surface area contributed by atoms with Crippen LogP contribution in [-0.4, -0.2) is 186 Å². The first-order valence-corrected chi connectivity index (χ1v) is 28.5. The largest absolute Gasteiger partial charge is 0.550 e. The lowest BCUT2D eigenvalue weighted by Crippen LogP contribution is -2.86. The lowest BCUT2D eigenvalue weighted by atomic mass is 10.1. The monoisotopic (exact) mass is 1100 g/mol. The molecule has 0 spiro atoms. The molecule has 0 atom stereocenters. The van der Waals surface area contributed by atoms with E-state index in [4.69, 9.17) is 37.9 Å². The van der Waals surface area contributed by atoms with Gasteiger partial charge < -0.3 is 98.8 Å². The Hall–Kier alpha value is -2.86. The summed E-state index contributed by atoms with van der Waals surface area (Å²) in [5.74, 6) is -3.97. The number of methoxy groups -OCH3 is 8. The molecule has 0 radical (unpaired) electrons. The van der Waals surface area contributed by atoms with Crippen LogP contribution in [0.2, 0.25) is 0 Å². The summed E-state index contributed by atoms with van der Waals surface area (Å²) in [5.41, 5.74) is 0. The molecule has 0 aliphatic heterocycles. The molecule has 0 aromatic rings. The molecule has 0 aliphatic carbocycles. The van der Waals surface area contributed by atoms with E-state index in [2.05, 4.69) is 35.1 Å². The van der Waals surface area contributed by atoms with Crippen LogP contribution < -0.4 is 41.7 Å². The highest BCUT2D eigenvalue weighted by Crippen LogP contribution is 2.10. The predicted octanol–water partition coefficient (Wildman–Crippen LogP) is -0.712. The van der Waals surface area contributed by atoms with Crippen molar-refractivity contribution in [3.05, 3.63) is 12.2 Å². The number of carbonyl (C=O) groups is 4. The molecule has 0 aliphatic rings. The van der Waals surface area contributed by atoms with Crippen LogP contribution in [-0.2, 0) is 57.1 Å². The van der Waals surface area contributed by atoms with Gasteiger partial charge in [0.2, 0.25) is 0 Å². The zero-order valence-electron chi connectivity index (χ0n) is 50.3. The summed E-state index contributed by atoms with van der Waals surface area (Å²) in [7, 11) is 13.7. The molecule has 8 N–H and O–H groups in total. The zero-order valence-corrected chi connectivity index (χ0v) is 50.3. The van der Waals surface area contributed by atoms with Gasteiger partial charge in [0.1, 0.15) is 0 Å². The first kappa shape index (κ1) is 87.0. The zero-order chi connectivity index (χ0) is 58.5. The number of hydrogen-bond acceptors (Lipinski definition) is 16. The van der Waals surface area contributed by atoms with Crippen molar-refractivity contribution in [2.75, 3.05) is 162 Å². The number of ether oxygens (including phenoxy) is 8. The summed E-state index contributed by atoms with van der Waals surface area (Å²) in [6.07, 6.45) is 26.0. The number of hydrogen-bond donors (Lipinski definition) is 4. The summed E-state index contributed by atoms with van der Waals surface area (Å²) >= 11 is 0. The molecule has 0 saturated carbocycles. The Bertz CT molecular complexity index is 985. The third-order valence-electron chi connectivity index (χ3n) is 10.4. The minimum atomic E-state index is -1.09. The first-order valence-electron chi connectivity index (χ1n) is 28.5. The Morgan fingerprint density at radius 1 is 0.316 bits per heavy atom. The van der Waals surface area contributed by atoms with E-state index in [0.29, 0.717) is 12.8 Å². The second-order valence-electron chi connectivity index (χ2n) is 17.6. The van der Waals surface area contributed by atoms with Gasteiger partial charge in [0.15, 0.2) is 0 Å². The Morgan fingerprint density at radius 2 is 0.513 bits per heavy atom. The summed E-state index contributed by atoms with van der Waals surface area (Å²) in [6, 6.07) is 0. The van der Waals surface area contributed by atoms with Crippen molar-refractivity contribution >= 4 is 23.9 Å². The number of allylic oxidation sites excluding steroid dienone is 1. The van der Waals surface area contributed by atoms with Crippen LogP contribution in [0.5, 0.6) is 0 Å². The van der Waals surface area contributed by atoms with Crippen molar-refractivity contribution in [1.29, 1.82) is 0 Å². The van der Waals surface area contributed by atoms with Crippen molar-refractivity contribution in [3.63, 3.8) is 0 Å². The molecule has 0 aromatic heterocycles. The van der Waals surface area contributed by atoms with E-state index in [1.54, 1.807) is 63.0 Å². The second kappa shape index (κ2) is 91.6. The molecule has 0 fully saturated rings. The molecule has 0 amide bonds. The average Bonchev–Trinajstić information content (AvgIpc) is 3.39. The molecule has 0 rings (SSSR count). The van der Waals surface area contributed by atoms with E-state index in [-0.39, 0.29) is 19.3 Å². The lowest BCUT2D eigenvalue weighted by Gasteiger charge is -2.03. The summed E-state index contributed by atoms with van der Waals surface area (Å²) in [4.78, 5) is 40.1. The third-order valence-corrected chi connectivity index (χ3v) is 10.4. The van der Waals surface area contributed by atoms with Crippen LogP contribution in [0.15, 0.2) is 12.2 Å². The molecule has 460 valence electrons. The maximum Gasteiger partial charge on any atom is 0.0993 e. The van der Waals surface area contributed by atoms with Crippen molar-refractivity contribution in [2.24, 2.45) is 0 Å². The van der Waals surface area contributed by atoms with Crippen LogP contribution in [0.3, 0.4) is 0 Å². The molecule has 20 heteroatoms. The molecule has 76 heavy (non-hydrogen) atoms. The fraction of sp³-hybridized carbons (Fsp3) is 0.893. The van der Waals surface area contributed by atoms with E-state index in [1.807, 2.05) is 0 Å². The molecular weight excluding hydrogens is 985 g/mol. The van der Waals surface area contributed by atoms with Crippen LogP contribution in [0.25, 0.3) is 0 Å². The summed E-state index contributed by atoms with van der Waals surface area (Å²) in [5, 5.41) is 48.8. The molecule has 0 bridgehead atoms. The molecule has 0 aromatic carbocycles. The summed E-state index contributed by atoms with van der Waals surface area (Å²) in [6.45, 7) is 19.2. The molecule has 20 nitrogen and oxygen atoms in total. The van der Waals surface area contributed by atoms with E-state index < -0.39 is 23.9 Å². The summed E-state index contributed by atoms with van der Waals surface area (Å²) < 4.78 is 38.8. The minimum Gasteiger partial charge on any atom is -0.550 e. The van der Waals surface area contributed by atoms with Gasteiger partial charge in [0.25, 0.3) is 0 Å². The average molecular weight is 1110 g/mol. The first-order chi connectivity index (χ1) is 36.8. The predicted molar refractivity (Wildman–Crippen MR) is 293 cm³/mol. The number of aliphatic carboxylic acids is 4. The smallest absolute Gasteiger partial charge is 0.0993 e. The number of carboxylic acid groups (broad SMARTS) is 4. The van der Waals surface area contributed by atoms with Gasteiger partial charge in [0, 0.05) is 74.8 Å². The normalized spacial score (nSPS) is 10.2. The van der Waals surface area contributed by atoms with Crippen molar-refractivity contribution in [3.8, 4) is 0 Å². The quantitative estimate of drug-likeness (QED) is 0.0432. The van der Waals surface area contributed by atoms with Crippen molar-refractivity contribution in [2.45, 2.75) is 168 Å². The fourth-order valence-electron chi connectivity index (χ4n) is 6.06. The Labute approximate surface area is 463 Å². The number of carbonyl (C=O) groups excluding carboxylic acids is 4. The van der Waals surface area contributed by atoms with Gasteiger partial charge in [-0.1, -0.05) is 123 Å². The fourth-order valence-corrected chi connectivity index (χ4v) is 6.06. The number of carboxylic acids is 4. The number of quaternary nitrogens is 4. The van der Waals surface area contributed by atoms with Gasteiger partial charge >= 0.3 is 0 Å². The second-order valence-corrected chi connectivity index (χ2v) is 17.6. The maximum absolute atomic E-state index is 10.1. The van der Waals surface area contributed by atoms with Gasteiger partial charge in [-0.3, -0.25) is 0 Å². The SMILES string of the molecule is CCCCCCCC=CC(=O)[O-].CCCCCCCCCCC(=O)[O-].COCC[NH2+]CCOC.COCC[NH2+]CCOC.COCC[NH2+]CCOC.COCC[NH2+]CCOC.O=C([O-])CCCCCCCCCC(=O)[O-]. The van der Waals surface area contributed by atoms with Gasteiger partial charge in [-0.25, -0.2) is 0 Å². The van der Waals surface area contributed by atoms with Gasteiger partial charge in [0.05, 0.1) is 111 Å². The van der Waals surface area contributed by atoms with Crippen molar-refractivity contribution < 1.29 is 98.8 Å². The molecule has 0 heterocycles. The molecular formula is C56H120N4O16. The Morgan fingerprint density at radius 3 is 0.697 bits per heavy atom. The highest BCUT2D eigenvalue weighted by atomic mass is 16.5. The Kier molecular flexibility index (Phi) is 105. The molecule has 0 saturated heterocycles. The van der Waals surface area contributed by atoms with Gasteiger partial charge in [-0.2, -0.15) is 0 Å². The highest BCUT2D eigenvalue weighted by molar-refractivity contribution is 5.77. The number of rotatable bonds is 50.